The quantitative estimate of drug-likeness (QED) is 0.0582. The number of aryl methyl sites for hydroxylation is 2. The lowest BCUT2D eigenvalue weighted by Crippen LogP contribution is -2.58. The monoisotopic (exact) mass is 899 g/mol. The fraction of sp³-hybridized carbons (Fsp3) is 0.447. The molecule has 1 saturated heterocycles. The molecule has 63 heavy (non-hydrogen) atoms. The van der Waals surface area contributed by atoms with Gasteiger partial charge in [0.05, 0.1) is 40.4 Å². The summed E-state index contributed by atoms with van der Waals surface area (Å²) in [5.74, 6) is 0.300. The highest BCUT2D eigenvalue weighted by atomic mass is 35.5. The molecule has 0 unspecified atom stereocenters. The number of ether oxygens (including phenoxy) is 2. The summed E-state index contributed by atoms with van der Waals surface area (Å²) >= 11 is 7.23. The third-order valence-electron chi connectivity index (χ3n) is 11.2. The van der Waals surface area contributed by atoms with E-state index in [4.69, 9.17) is 21.1 Å². The molecule has 1 aliphatic heterocycles. The van der Waals surface area contributed by atoms with Gasteiger partial charge in [0.2, 0.25) is 17.7 Å². The van der Waals surface area contributed by atoms with Crippen LogP contribution in [0.15, 0.2) is 84.5 Å². The molecule has 14 nitrogen and oxygen atoms in total. The Bertz CT molecular complexity index is 2290. The minimum absolute atomic E-state index is 0.0159. The molecule has 2 aromatic heterocycles. The maximum absolute atomic E-state index is 14.1. The van der Waals surface area contributed by atoms with Crippen molar-refractivity contribution in [1.82, 2.24) is 35.5 Å². The molecule has 3 heterocycles. The normalized spacial score (nSPS) is 16.4. The van der Waals surface area contributed by atoms with Crippen LogP contribution in [0, 0.1) is 12.3 Å². The SMILES string of the molecule is Cc1ncsc1-c1ccc(CNC(=O)[C@@H]2C[C@@H](O)CN2C(=O)[C@@H](NC(=O)Cn2cc(CCCOc3ccc(C(C)(C)c4ccc(OC[C@H](O)CCl)cc4)cc3)nn2)C(C)(C)C)cc1. The van der Waals surface area contributed by atoms with Crippen LogP contribution in [0.1, 0.15) is 75.5 Å². The van der Waals surface area contributed by atoms with Crippen molar-refractivity contribution in [3.63, 3.8) is 0 Å². The van der Waals surface area contributed by atoms with Gasteiger partial charge in [0.15, 0.2) is 0 Å². The molecule has 16 heteroatoms. The maximum atomic E-state index is 14.1. The Hall–Kier alpha value is -5.35. The highest BCUT2D eigenvalue weighted by molar-refractivity contribution is 7.13. The van der Waals surface area contributed by atoms with Gasteiger partial charge < -0.3 is 35.2 Å². The minimum atomic E-state index is -0.969. The summed E-state index contributed by atoms with van der Waals surface area (Å²) in [7, 11) is 0. The molecule has 1 aliphatic rings. The van der Waals surface area contributed by atoms with Crippen LogP contribution in [0.4, 0.5) is 0 Å². The third kappa shape index (κ3) is 12.4. The van der Waals surface area contributed by atoms with Gasteiger partial charge >= 0.3 is 0 Å². The third-order valence-corrected chi connectivity index (χ3v) is 12.6. The summed E-state index contributed by atoms with van der Waals surface area (Å²) < 4.78 is 13.1. The van der Waals surface area contributed by atoms with Gasteiger partial charge in [0.25, 0.3) is 0 Å². The van der Waals surface area contributed by atoms with Crippen LogP contribution in [-0.2, 0) is 39.3 Å². The number of thiazole rings is 1. The van der Waals surface area contributed by atoms with Gasteiger partial charge in [-0.15, -0.1) is 28.0 Å². The van der Waals surface area contributed by atoms with E-state index in [1.165, 1.54) is 9.58 Å². The van der Waals surface area contributed by atoms with Gasteiger partial charge in [0, 0.05) is 31.1 Å². The summed E-state index contributed by atoms with van der Waals surface area (Å²) in [5, 5.41) is 34.4. The standard InChI is InChI=1S/C47H58ClN7O7S/c1-30-42(63-29-50-30)32-11-9-31(10-12-32)24-49-44(59)40-22-36(56)26-55(40)45(60)43(46(2,3)4)51-41(58)27-54-25-35(52-53-54)8-7-21-61-38-17-13-33(14-18-38)47(5,6)34-15-19-39(20-16-34)62-28-37(57)23-48/h9-20,25,29,36-37,40,43,56-57H,7-8,21-24,26-28H2,1-6H3,(H,49,59)(H,51,58)/t36-,37-,40+,43-/m1/s1. The fourth-order valence-electron chi connectivity index (χ4n) is 7.45. The topological polar surface area (TPSA) is 181 Å². The predicted molar refractivity (Wildman–Crippen MR) is 243 cm³/mol. The van der Waals surface area contributed by atoms with Gasteiger partial charge in [0.1, 0.15) is 42.8 Å². The summed E-state index contributed by atoms with van der Waals surface area (Å²) in [6.45, 7) is 12.5. The van der Waals surface area contributed by atoms with E-state index in [1.54, 1.807) is 17.5 Å². The van der Waals surface area contributed by atoms with E-state index in [1.807, 2.05) is 93.9 Å². The molecule has 0 aliphatic carbocycles. The molecule has 4 atom stereocenters. The Morgan fingerprint density at radius 3 is 2.21 bits per heavy atom. The zero-order valence-corrected chi connectivity index (χ0v) is 38.3. The Morgan fingerprint density at radius 1 is 0.952 bits per heavy atom. The molecule has 1 fully saturated rings. The van der Waals surface area contributed by atoms with Gasteiger partial charge in [-0.1, -0.05) is 88.4 Å². The number of halogens is 1. The number of amides is 3. The van der Waals surface area contributed by atoms with Crippen molar-refractivity contribution < 1.29 is 34.1 Å². The molecule has 6 rings (SSSR count). The lowest BCUT2D eigenvalue weighted by atomic mass is 9.78. The number of nitrogens with one attached hydrogen (secondary N) is 2. The van der Waals surface area contributed by atoms with E-state index < -0.39 is 41.5 Å². The first-order chi connectivity index (χ1) is 30.0. The number of carbonyl (C=O) groups excluding carboxylic acids is 3. The van der Waals surface area contributed by atoms with E-state index in [0.717, 1.165) is 38.6 Å². The molecule has 336 valence electrons. The molecular formula is C47H58ClN7O7S. The zero-order chi connectivity index (χ0) is 45.3. The van der Waals surface area contributed by atoms with Crippen molar-refractivity contribution >= 4 is 40.7 Å². The predicted octanol–water partition coefficient (Wildman–Crippen LogP) is 5.84. The number of hydrogen-bond donors (Lipinski definition) is 4. The number of alkyl halides is 1. The number of benzene rings is 3. The number of likely N-dealkylation sites (tertiary alicyclic amines) is 1. The fourth-order valence-corrected chi connectivity index (χ4v) is 8.35. The number of aliphatic hydroxyl groups excluding tert-OH is 2. The molecule has 3 amide bonds. The molecule has 5 aromatic rings. The van der Waals surface area contributed by atoms with Gasteiger partial charge in [-0.25, -0.2) is 9.67 Å². The molecule has 3 aromatic carbocycles. The first-order valence-electron chi connectivity index (χ1n) is 21.2. The van der Waals surface area contributed by atoms with Crippen molar-refractivity contribution in [2.24, 2.45) is 5.41 Å². The average Bonchev–Trinajstić information content (AvgIpc) is 4.02. The summed E-state index contributed by atoms with van der Waals surface area (Å²) in [5.41, 5.74) is 6.69. The number of rotatable bonds is 19. The Balaban J connectivity index is 0.955. The van der Waals surface area contributed by atoms with E-state index in [9.17, 15) is 24.6 Å². The van der Waals surface area contributed by atoms with Gasteiger partial charge in [-0.2, -0.15) is 0 Å². The number of nitrogens with zero attached hydrogens (tertiary/aromatic N) is 5. The first-order valence-corrected chi connectivity index (χ1v) is 22.6. The Labute approximate surface area is 378 Å². The van der Waals surface area contributed by atoms with Crippen molar-refractivity contribution in [3.05, 3.63) is 113 Å². The molecule has 0 radical (unpaired) electrons. The number of β-amino-alcohol motifs (C(OH)–C–C–N with tert-alkyl or cyclic N) is 1. The van der Waals surface area contributed by atoms with Crippen molar-refractivity contribution in [3.8, 4) is 21.9 Å². The second-order valence-electron chi connectivity index (χ2n) is 17.6. The lowest BCUT2D eigenvalue weighted by Gasteiger charge is -2.35. The second kappa shape index (κ2) is 20.9. The minimum Gasteiger partial charge on any atom is -0.494 e. The maximum Gasteiger partial charge on any atom is 0.246 e. The highest BCUT2D eigenvalue weighted by Crippen LogP contribution is 2.34. The van der Waals surface area contributed by atoms with Gasteiger partial charge in [-0.05, 0) is 71.7 Å². The second-order valence-corrected chi connectivity index (χ2v) is 18.8. The van der Waals surface area contributed by atoms with Crippen LogP contribution in [0.25, 0.3) is 10.4 Å². The van der Waals surface area contributed by atoms with Crippen LogP contribution in [0.5, 0.6) is 11.5 Å². The summed E-state index contributed by atoms with van der Waals surface area (Å²) in [4.78, 5) is 47.7. The smallest absolute Gasteiger partial charge is 0.246 e. The average molecular weight is 901 g/mol. The Kier molecular flexibility index (Phi) is 15.6. The van der Waals surface area contributed by atoms with Crippen LogP contribution >= 0.6 is 22.9 Å². The number of hydrogen-bond acceptors (Lipinski definition) is 11. The number of aliphatic hydroxyl groups is 2. The first kappa shape index (κ1) is 47.1. The van der Waals surface area contributed by atoms with E-state index >= 15 is 0 Å². The zero-order valence-electron chi connectivity index (χ0n) is 36.7. The molecule has 0 saturated carbocycles. The molecular weight excluding hydrogens is 842 g/mol. The number of aromatic nitrogens is 4. The van der Waals surface area contributed by atoms with Crippen LogP contribution in [0.3, 0.4) is 0 Å². The largest absolute Gasteiger partial charge is 0.494 e. The van der Waals surface area contributed by atoms with Gasteiger partial charge in [-0.3, -0.25) is 14.4 Å². The summed E-state index contributed by atoms with van der Waals surface area (Å²) in [6, 6.07) is 21.9. The van der Waals surface area contributed by atoms with Crippen molar-refractivity contribution in [1.29, 1.82) is 0 Å². The van der Waals surface area contributed by atoms with Crippen molar-refractivity contribution in [2.75, 3.05) is 25.6 Å². The van der Waals surface area contributed by atoms with E-state index in [0.29, 0.717) is 30.9 Å². The van der Waals surface area contributed by atoms with E-state index in [-0.39, 0.29) is 49.9 Å². The highest BCUT2D eigenvalue weighted by Gasteiger charge is 2.44. The summed E-state index contributed by atoms with van der Waals surface area (Å²) in [6.07, 6.45) is 1.47. The van der Waals surface area contributed by atoms with E-state index in [2.05, 4.69) is 51.9 Å². The van der Waals surface area contributed by atoms with Crippen LogP contribution in [0.2, 0.25) is 0 Å². The Morgan fingerprint density at radius 2 is 1.60 bits per heavy atom. The number of carbonyl (C=O) groups is 3. The van der Waals surface area contributed by atoms with Crippen LogP contribution < -0.4 is 20.1 Å². The molecule has 0 spiro atoms. The van der Waals surface area contributed by atoms with Crippen LogP contribution in [-0.4, -0.2) is 103 Å². The molecule has 0 bridgehead atoms. The lowest BCUT2D eigenvalue weighted by molar-refractivity contribution is -0.144. The molecule has 4 N–H and O–H groups in total. The van der Waals surface area contributed by atoms with Crippen molar-refractivity contribution in [2.45, 2.75) is 104 Å².